The number of methoxy groups -OCH3 is 1. The molecule has 2 aliphatic rings. The topological polar surface area (TPSA) is 128 Å². The minimum Gasteiger partial charge on any atom is -0.468 e. The number of nitrogens with one attached hydrogen (secondary N) is 2. The number of piperidine rings is 2. The van der Waals surface area contributed by atoms with Crippen LogP contribution in [-0.2, 0) is 28.7 Å². The number of likely N-dealkylation sites (tertiary alicyclic amines) is 2. The predicted octanol–water partition coefficient (Wildman–Crippen LogP) is 4.93. The van der Waals surface area contributed by atoms with Gasteiger partial charge in [0.05, 0.1) is 13.2 Å². The van der Waals surface area contributed by atoms with E-state index >= 15 is 0 Å². The van der Waals surface area contributed by atoms with Gasteiger partial charge in [-0.25, -0.2) is 0 Å². The molecular weight excluding hydrogens is 598 g/mol. The Bertz CT molecular complexity index is 956. The molecule has 11 nitrogen and oxygen atoms in total. The van der Waals surface area contributed by atoms with Gasteiger partial charge in [0.15, 0.2) is 0 Å². The molecule has 3 unspecified atom stereocenters. The fourth-order valence-corrected chi connectivity index (χ4v) is 5.23. The number of nitrogens with zero attached hydrogens (tertiary/aromatic N) is 3. The summed E-state index contributed by atoms with van der Waals surface area (Å²) in [6.07, 6.45) is 9.80. The molecule has 0 aromatic heterocycles. The summed E-state index contributed by atoms with van der Waals surface area (Å²) in [6.45, 7) is 24.7. The van der Waals surface area contributed by atoms with E-state index in [9.17, 15) is 24.0 Å². The van der Waals surface area contributed by atoms with Crippen LogP contribution in [0.5, 0.6) is 0 Å². The Morgan fingerprint density at radius 1 is 0.957 bits per heavy atom. The van der Waals surface area contributed by atoms with E-state index in [1.54, 1.807) is 11.9 Å². The second-order valence-electron chi connectivity index (χ2n) is 13.3. The number of hydrogen-bond donors (Lipinski definition) is 2. The van der Waals surface area contributed by atoms with Gasteiger partial charge in [0, 0.05) is 37.8 Å². The SMILES string of the molecule is C/C(=C\C(C)N(C)C(=O)C(NC(=O)C1CCCCN1C(C)C)C(C)(C)C)C(=O)N1CCCCC1.CC.CCC.COC(=O)CNC=O. The lowest BCUT2D eigenvalue weighted by Gasteiger charge is -2.40. The van der Waals surface area contributed by atoms with Crippen LogP contribution in [-0.4, -0.2) is 109 Å². The van der Waals surface area contributed by atoms with E-state index in [1.165, 1.54) is 20.0 Å². The van der Waals surface area contributed by atoms with Crippen molar-refractivity contribution in [3.05, 3.63) is 11.6 Å². The maximum absolute atomic E-state index is 13.6. The van der Waals surface area contributed by atoms with Crippen molar-refractivity contribution in [2.75, 3.05) is 40.3 Å². The largest absolute Gasteiger partial charge is 0.468 e. The third kappa shape index (κ3) is 17.7. The first-order valence-corrected chi connectivity index (χ1v) is 17.6. The molecule has 274 valence electrons. The molecule has 47 heavy (non-hydrogen) atoms. The first-order chi connectivity index (χ1) is 22.1. The Balaban J connectivity index is 0. The van der Waals surface area contributed by atoms with Gasteiger partial charge in [0.1, 0.15) is 12.6 Å². The molecule has 3 atom stereocenters. The molecule has 2 saturated heterocycles. The Kier molecular flexibility index (Phi) is 24.7. The summed E-state index contributed by atoms with van der Waals surface area (Å²) in [5.74, 6) is -0.583. The zero-order chi connectivity index (χ0) is 36.7. The molecule has 0 saturated carbocycles. The number of ether oxygens (including phenoxy) is 1. The quantitative estimate of drug-likeness (QED) is 0.192. The molecule has 11 heteroatoms. The molecular formula is C36H69N5O6. The summed E-state index contributed by atoms with van der Waals surface area (Å²) in [5.41, 5.74) is 0.223. The number of likely N-dealkylation sites (N-methyl/N-ethyl adjacent to an activating group) is 1. The highest BCUT2D eigenvalue weighted by molar-refractivity contribution is 5.93. The Labute approximate surface area is 286 Å². The van der Waals surface area contributed by atoms with Gasteiger partial charge >= 0.3 is 5.97 Å². The van der Waals surface area contributed by atoms with Crippen LogP contribution in [0.15, 0.2) is 11.6 Å². The van der Waals surface area contributed by atoms with Gasteiger partial charge in [-0.3, -0.25) is 28.9 Å². The summed E-state index contributed by atoms with van der Waals surface area (Å²) >= 11 is 0. The van der Waals surface area contributed by atoms with Crippen molar-refractivity contribution in [3.8, 4) is 0 Å². The summed E-state index contributed by atoms with van der Waals surface area (Å²) in [4.78, 5) is 65.2. The van der Waals surface area contributed by atoms with Crippen LogP contribution < -0.4 is 10.6 Å². The maximum Gasteiger partial charge on any atom is 0.325 e. The van der Waals surface area contributed by atoms with Crippen molar-refractivity contribution < 1.29 is 28.7 Å². The second-order valence-corrected chi connectivity index (χ2v) is 13.3. The lowest BCUT2D eigenvalue weighted by atomic mass is 9.85. The highest BCUT2D eigenvalue weighted by Crippen LogP contribution is 2.25. The Morgan fingerprint density at radius 2 is 1.49 bits per heavy atom. The highest BCUT2D eigenvalue weighted by Gasteiger charge is 2.39. The summed E-state index contributed by atoms with van der Waals surface area (Å²) in [6, 6.07) is -0.814. The number of hydrogen-bond acceptors (Lipinski definition) is 7. The third-order valence-electron chi connectivity index (χ3n) is 7.90. The van der Waals surface area contributed by atoms with E-state index in [2.05, 4.69) is 48.0 Å². The molecule has 0 aliphatic carbocycles. The van der Waals surface area contributed by atoms with Crippen molar-refractivity contribution in [2.24, 2.45) is 5.41 Å². The number of amides is 4. The van der Waals surface area contributed by atoms with Crippen LogP contribution >= 0.6 is 0 Å². The van der Waals surface area contributed by atoms with Crippen molar-refractivity contribution in [1.82, 2.24) is 25.3 Å². The van der Waals surface area contributed by atoms with E-state index in [-0.39, 0.29) is 42.4 Å². The minimum atomic E-state index is -0.644. The smallest absolute Gasteiger partial charge is 0.325 e. The van der Waals surface area contributed by atoms with Crippen LogP contribution in [0.25, 0.3) is 0 Å². The molecule has 2 heterocycles. The lowest BCUT2D eigenvalue weighted by Crippen LogP contribution is -2.60. The molecule has 2 N–H and O–H groups in total. The average molecular weight is 668 g/mol. The predicted molar refractivity (Wildman–Crippen MR) is 191 cm³/mol. The van der Waals surface area contributed by atoms with Crippen LogP contribution in [0.3, 0.4) is 0 Å². The number of carbonyl (C=O) groups is 5. The summed E-state index contributed by atoms with van der Waals surface area (Å²) in [5, 5.41) is 5.25. The van der Waals surface area contributed by atoms with Gasteiger partial charge in [-0.15, -0.1) is 0 Å². The Morgan fingerprint density at radius 3 is 1.96 bits per heavy atom. The van der Waals surface area contributed by atoms with Gasteiger partial charge in [0.2, 0.25) is 24.1 Å². The molecule has 2 aliphatic heterocycles. The lowest BCUT2D eigenvalue weighted by molar-refractivity contribution is -0.141. The van der Waals surface area contributed by atoms with E-state index < -0.39 is 17.4 Å². The minimum absolute atomic E-state index is 0.0548. The third-order valence-corrected chi connectivity index (χ3v) is 7.90. The van der Waals surface area contributed by atoms with Crippen LogP contribution in [0.4, 0.5) is 0 Å². The van der Waals surface area contributed by atoms with E-state index in [0.717, 1.165) is 51.7 Å². The standard InChI is InChI=1S/C27H48N4O3.C4H7NO3.C3H8.C2H6/c1-19(2)31-17-13-10-14-22(31)24(32)28-23(27(5,6)7)26(34)29(8)21(4)18-20(3)25(33)30-15-11-9-12-16-30;1-8-4(7)2-5-3-6;1-3-2;1-2/h18-19,21-23H,9-17H2,1-8H3,(H,28,32);3H,2H2,1H3,(H,5,6);3H2,1-2H3;1-2H3/b20-18+;;;. The monoisotopic (exact) mass is 668 g/mol. The number of esters is 1. The zero-order valence-electron chi connectivity index (χ0n) is 32.0. The molecule has 2 rings (SSSR count). The number of rotatable bonds is 10. The van der Waals surface area contributed by atoms with Gasteiger partial charge in [-0.1, -0.05) is 67.4 Å². The van der Waals surface area contributed by atoms with Gasteiger partial charge in [-0.2, -0.15) is 0 Å². The first-order valence-electron chi connectivity index (χ1n) is 17.6. The molecule has 2 fully saturated rings. The Hall–Kier alpha value is -2.95. The van der Waals surface area contributed by atoms with Crippen molar-refractivity contribution in [3.63, 3.8) is 0 Å². The number of carbonyl (C=O) groups excluding carboxylic acids is 5. The van der Waals surface area contributed by atoms with Crippen LogP contribution in [0.2, 0.25) is 0 Å². The van der Waals surface area contributed by atoms with Crippen LogP contribution in [0.1, 0.15) is 121 Å². The fourth-order valence-electron chi connectivity index (χ4n) is 5.23. The van der Waals surface area contributed by atoms with Gasteiger partial charge < -0.3 is 25.2 Å². The van der Waals surface area contributed by atoms with E-state index in [0.29, 0.717) is 12.0 Å². The fraction of sp³-hybridized carbons (Fsp3) is 0.806. The van der Waals surface area contributed by atoms with Gasteiger partial charge in [-0.05, 0) is 71.8 Å². The molecule has 0 spiro atoms. The molecule has 0 aromatic carbocycles. The molecule has 4 amide bonds. The first kappa shape index (κ1) is 46.2. The zero-order valence-corrected chi connectivity index (χ0v) is 32.0. The highest BCUT2D eigenvalue weighted by atomic mass is 16.5. The molecule has 0 aromatic rings. The second kappa shape index (κ2) is 25.1. The molecule has 0 bridgehead atoms. The summed E-state index contributed by atoms with van der Waals surface area (Å²) < 4.78 is 4.19. The normalized spacial score (nSPS) is 18.0. The van der Waals surface area contributed by atoms with E-state index in [4.69, 9.17) is 0 Å². The van der Waals surface area contributed by atoms with Crippen molar-refractivity contribution in [2.45, 2.75) is 145 Å². The molecule has 0 radical (unpaired) electrons. The van der Waals surface area contributed by atoms with Crippen molar-refractivity contribution in [1.29, 1.82) is 0 Å². The van der Waals surface area contributed by atoms with Crippen LogP contribution in [0, 0.1) is 5.41 Å². The average Bonchev–Trinajstić information content (AvgIpc) is 3.06. The summed E-state index contributed by atoms with van der Waals surface area (Å²) in [7, 11) is 3.02. The van der Waals surface area contributed by atoms with Gasteiger partial charge in [0.25, 0.3) is 0 Å². The van der Waals surface area contributed by atoms with E-state index in [1.807, 2.05) is 59.4 Å². The van der Waals surface area contributed by atoms with Crippen molar-refractivity contribution >= 4 is 30.1 Å². The maximum atomic E-state index is 13.6.